The normalized spacial score (nSPS) is 18.0. The fourth-order valence-corrected chi connectivity index (χ4v) is 4.33. The molecule has 0 saturated heterocycles. The number of carbonyl (C=O) groups is 1. The first-order chi connectivity index (χ1) is 11.1. The van der Waals surface area contributed by atoms with Crippen molar-refractivity contribution in [3.8, 4) is 0 Å². The smallest absolute Gasteiger partial charge is 0.315 e. The van der Waals surface area contributed by atoms with Gasteiger partial charge in [-0.2, -0.15) is 0 Å². The summed E-state index contributed by atoms with van der Waals surface area (Å²) in [7, 11) is -0.971. The predicted octanol–water partition coefficient (Wildman–Crippen LogP) is 3.36. The molecule has 1 aromatic carbocycles. The molecule has 2 aromatic rings. The minimum Gasteiger partial charge on any atom is -0.334 e. The van der Waals surface area contributed by atoms with Gasteiger partial charge in [0.2, 0.25) is 0 Å². The van der Waals surface area contributed by atoms with E-state index in [4.69, 9.17) is 0 Å². The minimum atomic E-state index is -0.971. The first-order valence-electron chi connectivity index (χ1n) is 7.66. The standard InChI is InChI=1S/C17H20N2O2S2/c1-23(21)13-7-5-12(6-8-13)11-18-17(20)19-15-3-2-4-16-14(15)9-10-22-16/h5-10,15H,2-4,11H2,1H3,(H2,18,19,20). The molecule has 0 spiro atoms. The molecule has 2 amide bonds. The van der Waals surface area contributed by atoms with Gasteiger partial charge in [-0.3, -0.25) is 4.21 Å². The summed E-state index contributed by atoms with van der Waals surface area (Å²) < 4.78 is 11.4. The van der Waals surface area contributed by atoms with Gasteiger partial charge in [-0.05, 0) is 54.0 Å². The molecule has 1 aliphatic rings. The van der Waals surface area contributed by atoms with Crippen LogP contribution in [0.25, 0.3) is 0 Å². The molecular formula is C17H20N2O2S2. The number of aryl methyl sites for hydroxylation is 1. The Bertz CT molecular complexity index is 710. The number of benzene rings is 1. The maximum atomic E-state index is 12.1. The Balaban J connectivity index is 1.53. The second kappa shape index (κ2) is 7.27. The van der Waals surface area contributed by atoms with E-state index in [0.717, 1.165) is 29.7 Å². The van der Waals surface area contributed by atoms with Gasteiger partial charge in [0.25, 0.3) is 0 Å². The van der Waals surface area contributed by atoms with Gasteiger partial charge in [0.1, 0.15) is 0 Å². The molecule has 6 heteroatoms. The summed E-state index contributed by atoms with van der Waals surface area (Å²) in [5.74, 6) is 0. The third kappa shape index (κ3) is 4.00. The first-order valence-corrected chi connectivity index (χ1v) is 10.1. The van der Waals surface area contributed by atoms with E-state index in [1.807, 2.05) is 24.3 Å². The summed E-state index contributed by atoms with van der Waals surface area (Å²) >= 11 is 1.77. The summed E-state index contributed by atoms with van der Waals surface area (Å²) in [5.41, 5.74) is 2.26. The summed E-state index contributed by atoms with van der Waals surface area (Å²) in [6, 6.07) is 9.57. The van der Waals surface area contributed by atoms with Gasteiger partial charge in [0, 0.05) is 33.4 Å². The van der Waals surface area contributed by atoms with E-state index in [2.05, 4.69) is 22.1 Å². The van der Waals surface area contributed by atoms with Crippen LogP contribution in [0.15, 0.2) is 40.6 Å². The number of carbonyl (C=O) groups excluding carboxylic acids is 1. The Hall–Kier alpha value is -1.66. The highest BCUT2D eigenvalue weighted by atomic mass is 32.2. The Morgan fingerprint density at radius 2 is 2.09 bits per heavy atom. The van der Waals surface area contributed by atoms with Crippen molar-refractivity contribution in [3.05, 3.63) is 51.7 Å². The number of thiophene rings is 1. The van der Waals surface area contributed by atoms with E-state index in [0.29, 0.717) is 6.54 Å². The van der Waals surface area contributed by atoms with Gasteiger partial charge >= 0.3 is 6.03 Å². The topological polar surface area (TPSA) is 58.2 Å². The molecule has 0 saturated carbocycles. The quantitative estimate of drug-likeness (QED) is 0.890. The maximum absolute atomic E-state index is 12.1. The number of rotatable bonds is 4. The second-order valence-electron chi connectivity index (χ2n) is 5.67. The molecule has 3 rings (SSSR count). The summed E-state index contributed by atoms with van der Waals surface area (Å²) in [4.78, 5) is 14.3. The molecule has 0 radical (unpaired) electrons. The number of urea groups is 1. The van der Waals surface area contributed by atoms with Gasteiger partial charge in [-0.25, -0.2) is 4.79 Å². The van der Waals surface area contributed by atoms with Crippen molar-refractivity contribution in [2.45, 2.75) is 36.7 Å². The first kappa shape index (κ1) is 16.2. The maximum Gasteiger partial charge on any atom is 0.315 e. The molecule has 2 unspecified atom stereocenters. The van der Waals surface area contributed by atoms with Crippen LogP contribution in [0.5, 0.6) is 0 Å². The lowest BCUT2D eigenvalue weighted by Gasteiger charge is -2.23. The largest absolute Gasteiger partial charge is 0.334 e. The van der Waals surface area contributed by atoms with Crippen molar-refractivity contribution in [1.82, 2.24) is 10.6 Å². The van der Waals surface area contributed by atoms with E-state index in [1.165, 1.54) is 10.4 Å². The molecule has 1 heterocycles. The fourth-order valence-electron chi connectivity index (χ4n) is 2.83. The van der Waals surface area contributed by atoms with Crippen LogP contribution in [-0.2, 0) is 23.8 Å². The van der Waals surface area contributed by atoms with Crippen molar-refractivity contribution in [2.75, 3.05) is 6.26 Å². The van der Waals surface area contributed by atoms with Gasteiger partial charge in [-0.1, -0.05) is 12.1 Å². The van der Waals surface area contributed by atoms with Gasteiger partial charge in [-0.15, -0.1) is 11.3 Å². The van der Waals surface area contributed by atoms with Crippen LogP contribution in [0.1, 0.15) is 34.9 Å². The van der Waals surface area contributed by atoms with Crippen LogP contribution in [0.3, 0.4) is 0 Å². The molecule has 1 aliphatic carbocycles. The fraction of sp³-hybridized carbons (Fsp3) is 0.353. The molecule has 2 atom stereocenters. The summed E-state index contributed by atoms with van der Waals surface area (Å²) in [6.07, 6.45) is 4.89. The lowest BCUT2D eigenvalue weighted by molar-refractivity contribution is 0.235. The van der Waals surface area contributed by atoms with Gasteiger partial charge in [0.15, 0.2) is 0 Å². The monoisotopic (exact) mass is 348 g/mol. The molecule has 4 nitrogen and oxygen atoms in total. The molecule has 0 bridgehead atoms. The van der Waals surface area contributed by atoms with Crippen LogP contribution in [0.4, 0.5) is 4.79 Å². The molecule has 2 N–H and O–H groups in total. The Morgan fingerprint density at radius 3 is 2.83 bits per heavy atom. The Morgan fingerprint density at radius 1 is 1.30 bits per heavy atom. The van der Waals surface area contributed by atoms with E-state index < -0.39 is 10.8 Å². The second-order valence-corrected chi connectivity index (χ2v) is 8.05. The Labute approximate surface area is 142 Å². The number of fused-ring (bicyclic) bond motifs is 1. The molecule has 0 fully saturated rings. The third-order valence-corrected chi connectivity index (χ3v) is 6.00. The lowest BCUT2D eigenvalue weighted by atomic mass is 9.94. The zero-order valence-corrected chi connectivity index (χ0v) is 14.6. The zero-order chi connectivity index (χ0) is 16.2. The number of hydrogen-bond acceptors (Lipinski definition) is 3. The SMILES string of the molecule is CS(=O)c1ccc(CNC(=O)NC2CCCc3sccc32)cc1. The lowest BCUT2D eigenvalue weighted by Crippen LogP contribution is -2.38. The minimum absolute atomic E-state index is 0.120. The third-order valence-electron chi connectivity index (χ3n) is 4.07. The van der Waals surface area contributed by atoms with Gasteiger partial charge < -0.3 is 10.6 Å². The number of nitrogens with one attached hydrogen (secondary N) is 2. The van der Waals surface area contributed by atoms with E-state index in [9.17, 15) is 9.00 Å². The highest BCUT2D eigenvalue weighted by Crippen LogP contribution is 2.33. The number of amides is 2. The van der Waals surface area contributed by atoms with Crippen LogP contribution >= 0.6 is 11.3 Å². The average molecular weight is 348 g/mol. The summed E-state index contributed by atoms with van der Waals surface area (Å²) in [5, 5.41) is 8.06. The van der Waals surface area contributed by atoms with Crippen LogP contribution in [-0.4, -0.2) is 16.5 Å². The Kier molecular flexibility index (Phi) is 5.13. The molecule has 23 heavy (non-hydrogen) atoms. The van der Waals surface area contributed by atoms with Crippen LogP contribution in [0, 0.1) is 0 Å². The van der Waals surface area contributed by atoms with Crippen molar-refractivity contribution < 1.29 is 9.00 Å². The predicted molar refractivity (Wildman–Crippen MR) is 94.1 cm³/mol. The van der Waals surface area contributed by atoms with E-state index >= 15 is 0 Å². The van der Waals surface area contributed by atoms with Crippen molar-refractivity contribution in [2.24, 2.45) is 0 Å². The number of hydrogen-bond donors (Lipinski definition) is 2. The van der Waals surface area contributed by atoms with Crippen molar-refractivity contribution in [3.63, 3.8) is 0 Å². The molecule has 122 valence electrons. The summed E-state index contributed by atoms with van der Waals surface area (Å²) in [6.45, 7) is 0.464. The molecule has 1 aromatic heterocycles. The molecule has 0 aliphatic heterocycles. The van der Waals surface area contributed by atoms with E-state index in [1.54, 1.807) is 17.6 Å². The van der Waals surface area contributed by atoms with Gasteiger partial charge in [0.05, 0.1) is 6.04 Å². The average Bonchev–Trinajstić information content (AvgIpc) is 3.03. The molecular weight excluding hydrogens is 328 g/mol. The van der Waals surface area contributed by atoms with Crippen LogP contribution < -0.4 is 10.6 Å². The zero-order valence-electron chi connectivity index (χ0n) is 13.0. The highest BCUT2D eigenvalue weighted by molar-refractivity contribution is 7.84. The highest BCUT2D eigenvalue weighted by Gasteiger charge is 2.22. The van der Waals surface area contributed by atoms with Crippen molar-refractivity contribution >= 4 is 28.2 Å². The van der Waals surface area contributed by atoms with E-state index in [-0.39, 0.29) is 12.1 Å². The van der Waals surface area contributed by atoms with Crippen LogP contribution in [0.2, 0.25) is 0 Å². The van der Waals surface area contributed by atoms with Crippen molar-refractivity contribution in [1.29, 1.82) is 0 Å².